The number of nitrogens with zero attached hydrogens (tertiary/aromatic N) is 2. The standard InChI is InChI=1S/C15H12ClN3OS/c16-12-8-11(17)6-7-13(12)21-9-14-18-15(20-19-14)10-4-2-1-3-5-10/h1-8H,9,17H2. The normalized spacial score (nSPS) is 10.7. The van der Waals surface area contributed by atoms with Gasteiger partial charge in [0.1, 0.15) is 0 Å². The van der Waals surface area contributed by atoms with Gasteiger partial charge in [0.2, 0.25) is 0 Å². The van der Waals surface area contributed by atoms with Gasteiger partial charge in [-0.2, -0.15) is 4.98 Å². The smallest absolute Gasteiger partial charge is 0.257 e. The molecule has 0 aliphatic heterocycles. The summed E-state index contributed by atoms with van der Waals surface area (Å²) in [5, 5.41) is 4.61. The molecule has 0 saturated carbocycles. The first kappa shape index (κ1) is 14.0. The third kappa shape index (κ3) is 3.37. The van der Waals surface area contributed by atoms with E-state index in [-0.39, 0.29) is 0 Å². The number of hydrogen-bond donors (Lipinski definition) is 1. The molecule has 0 aliphatic carbocycles. The summed E-state index contributed by atoms with van der Waals surface area (Å²) in [6, 6.07) is 15.1. The van der Waals surface area contributed by atoms with Gasteiger partial charge in [-0.05, 0) is 30.3 Å². The molecule has 0 spiro atoms. The molecule has 0 atom stereocenters. The molecule has 0 bridgehead atoms. The van der Waals surface area contributed by atoms with E-state index in [2.05, 4.69) is 10.1 Å². The highest BCUT2D eigenvalue weighted by atomic mass is 35.5. The Morgan fingerprint density at radius 3 is 2.71 bits per heavy atom. The summed E-state index contributed by atoms with van der Waals surface area (Å²) in [5.74, 6) is 1.74. The van der Waals surface area contributed by atoms with Crippen LogP contribution in [0.25, 0.3) is 11.5 Å². The molecule has 21 heavy (non-hydrogen) atoms. The molecule has 4 nitrogen and oxygen atoms in total. The minimum absolute atomic E-state index is 0.523. The maximum atomic E-state index is 6.13. The molecule has 0 saturated heterocycles. The van der Waals surface area contributed by atoms with E-state index < -0.39 is 0 Å². The summed E-state index contributed by atoms with van der Waals surface area (Å²) >= 11 is 7.68. The van der Waals surface area contributed by atoms with Gasteiger partial charge in [-0.1, -0.05) is 35.0 Å². The number of rotatable bonds is 4. The number of aromatic nitrogens is 2. The monoisotopic (exact) mass is 317 g/mol. The summed E-state index contributed by atoms with van der Waals surface area (Å²) in [7, 11) is 0. The lowest BCUT2D eigenvalue weighted by molar-refractivity contribution is 0.425. The van der Waals surface area contributed by atoms with Crippen LogP contribution in [0.15, 0.2) is 57.9 Å². The molecule has 0 amide bonds. The van der Waals surface area contributed by atoms with Crippen LogP contribution in [0.2, 0.25) is 5.02 Å². The Morgan fingerprint density at radius 1 is 1.14 bits per heavy atom. The molecule has 0 aliphatic rings. The number of nitrogens with two attached hydrogens (primary N) is 1. The summed E-state index contributed by atoms with van der Waals surface area (Å²) in [6.45, 7) is 0. The van der Waals surface area contributed by atoms with Crippen LogP contribution in [0.4, 0.5) is 5.69 Å². The first-order chi connectivity index (χ1) is 10.2. The van der Waals surface area contributed by atoms with Gasteiger partial charge in [-0.25, -0.2) is 0 Å². The van der Waals surface area contributed by atoms with Crippen molar-refractivity contribution in [3.05, 3.63) is 59.4 Å². The number of benzene rings is 2. The second-order valence-corrected chi connectivity index (χ2v) is 5.78. The molecule has 6 heteroatoms. The molecule has 2 N–H and O–H groups in total. The lowest BCUT2D eigenvalue weighted by atomic mass is 10.2. The fourth-order valence-corrected chi connectivity index (χ4v) is 2.90. The molecule has 106 valence electrons. The first-order valence-electron chi connectivity index (χ1n) is 6.28. The highest BCUT2D eigenvalue weighted by Crippen LogP contribution is 2.31. The number of thioether (sulfide) groups is 1. The van der Waals surface area contributed by atoms with Gasteiger partial charge in [0.05, 0.1) is 10.8 Å². The predicted molar refractivity (Wildman–Crippen MR) is 85.2 cm³/mol. The van der Waals surface area contributed by atoms with Crippen LogP contribution < -0.4 is 5.73 Å². The van der Waals surface area contributed by atoms with Crippen molar-refractivity contribution < 1.29 is 4.52 Å². The average Bonchev–Trinajstić information content (AvgIpc) is 2.96. The van der Waals surface area contributed by atoms with E-state index in [1.807, 2.05) is 42.5 Å². The number of halogens is 1. The lowest BCUT2D eigenvalue weighted by Crippen LogP contribution is -1.87. The zero-order valence-electron chi connectivity index (χ0n) is 11.0. The van der Waals surface area contributed by atoms with Gasteiger partial charge in [0, 0.05) is 16.1 Å². The zero-order valence-corrected chi connectivity index (χ0v) is 12.6. The molecule has 2 aromatic carbocycles. The molecular weight excluding hydrogens is 306 g/mol. The topological polar surface area (TPSA) is 64.9 Å². The van der Waals surface area contributed by atoms with Crippen molar-refractivity contribution in [1.29, 1.82) is 0 Å². The fourth-order valence-electron chi connectivity index (χ4n) is 1.79. The molecule has 3 aromatic rings. The molecule has 0 unspecified atom stereocenters. The molecule has 3 rings (SSSR count). The van der Waals surface area contributed by atoms with E-state index in [9.17, 15) is 0 Å². The van der Waals surface area contributed by atoms with Crippen molar-refractivity contribution >= 4 is 29.1 Å². The Bertz CT molecular complexity index is 746. The largest absolute Gasteiger partial charge is 0.399 e. The van der Waals surface area contributed by atoms with Gasteiger partial charge in [-0.15, -0.1) is 11.8 Å². The molecule has 0 fully saturated rings. The number of nitrogen functional groups attached to an aromatic ring is 1. The Kier molecular flexibility index (Phi) is 4.13. The average molecular weight is 318 g/mol. The van der Waals surface area contributed by atoms with E-state index in [0.29, 0.717) is 28.2 Å². The Labute approximate surface area is 131 Å². The van der Waals surface area contributed by atoms with E-state index in [1.165, 1.54) is 0 Å². The highest BCUT2D eigenvalue weighted by Gasteiger charge is 2.09. The zero-order chi connectivity index (χ0) is 14.7. The van der Waals surface area contributed by atoms with Crippen molar-refractivity contribution in [2.24, 2.45) is 0 Å². The lowest BCUT2D eigenvalue weighted by Gasteiger charge is -2.02. The maximum absolute atomic E-state index is 6.13. The first-order valence-corrected chi connectivity index (χ1v) is 7.64. The van der Waals surface area contributed by atoms with Crippen molar-refractivity contribution in [2.45, 2.75) is 10.6 Å². The quantitative estimate of drug-likeness (QED) is 0.575. The van der Waals surface area contributed by atoms with Gasteiger partial charge >= 0.3 is 0 Å². The third-order valence-electron chi connectivity index (χ3n) is 2.80. The summed E-state index contributed by atoms with van der Waals surface area (Å²) in [6.07, 6.45) is 0. The summed E-state index contributed by atoms with van der Waals surface area (Å²) in [5.41, 5.74) is 7.23. The molecule has 1 heterocycles. The Hall–Kier alpha value is -1.98. The van der Waals surface area contributed by atoms with Crippen LogP contribution in [0.1, 0.15) is 5.82 Å². The van der Waals surface area contributed by atoms with Crippen LogP contribution in [0.5, 0.6) is 0 Å². The molecular formula is C15H12ClN3OS. The Balaban J connectivity index is 1.70. The number of anilines is 1. The van der Waals surface area contributed by atoms with E-state index >= 15 is 0 Å². The van der Waals surface area contributed by atoms with Crippen molar-refractivity contribution in [2.75, 3.05) is 5.73 Å². The van der Waals surface area contributed by atoms with E-state index in [0.717, 1.165) is 10.5 Å². The second kappa shape index (κ2) is 6.20. The number of hydrogen-bond acceptors (Lipinski definition) is 5. The van der Waals surface area contributed by atoms with Gasteiger partial charge in [-0.3, -0.25) is 0 Å². The maximum Gasteiger partial charge on any atom is 0.257 e. The predicted octanol–water partition coefficient (Wildman–Crippen LogP) is 4.26. The van der Waals surface area contributed by atoms with E-state index in [1.54, 1.807) is 17.8 Å². The summed E-state index contributed by atoms with van der Waals surface area (Å²) in [4.78, 5) is 5.32. The minimum Gasteiger partial charge on any atom is -0.399 e. The van der Waals surface area contributed by atoms with Crippen LogP contribution >= 0.6 is 23.4 Å². The SMILES string of the molecule is Nc1ccc(SCc2noc(-c3ccccc3)n2)c(Cl)c1. The van der Waals surface area contributed by atoms with Crippen molar-refractivity contribution in [1.82, 2.24) is 10.1 Å². The molecule has 1 aromatic heterocycles. The van der Waals surface area contributed by atoms with Gasteiger partial charge < -0.3 is 10.3 Å². The minimum atomic E-state index is 0.523. The Morgan fingerprint density at radius 2 is 1.95 bits per heavy atom. The third-order valence-corrected chi connectivity index (χ3v) is 4.30. The second-order valence-electron chi connectivity index (χ2n) is 4.36. The fraction of sp³-hybridized carbons (Fsp3) is 0.0667. The van der Waals surface area contributed by atoms with Gasteiger partial charge in [0.25, 0.3) is 5.89 Å². The van der Waals surface area contributed by atoms with Crippen molar-refractivity contribution in [3.63, 3.8) is 0 Å². The van der Waals surface area contributed by atoms with Crippen LogP contribution in [-0.2, 0) is 5.75 Å². The van der Waals surface area contributed by atoms with Crippen molar-refractivity contribution in [3.8, 4) is 11.5 Å². The molecule has 0 radical (unpaired) electrons. The van der Waals surface area contributed by atoms with Gasteiger partial charge in [0.15, 0.2) is 5.82 Å². The van der Waals surface area contributed by atoms with Crippen LogP contribution in [0, 0.1) is 0 Å². The summed E-state index contributed by atoms with van der Waals surface area (Å²) < 4.78 is 5.26. The van der Waals surface area contributed by atoms with Crippen LogP contribution in [-0.4, -0.2) is 10.1 Å². The van der Waals surface area contributed by atoms with Crippen LogP contribution in [0.3, 0.4) is 0 Å². The van der Waals surface area contributed by atoms with E-state index in [4.69, 9.17) is 21.9 Å². The highest BCUT2D eigenvalue weighted by molar-refractivity contribution is 7.98.